The van der Waals surface area contributed by atoms with Crippen LogP contribution in [0.15, 0.2) is 97.1 Å². The van der Waals surface area contributed by atoms with Crippen molar-refractivity contribution in [1.29, 1.82) is 0 Å². The van der Waals surface area contributed by atoms with Crippen molar-refractivity contribution >= 4 is 23.7 Å². The molecule has 2 heteroatoms. The number of benzene rings is 3. The topological polar surface area (TPSA) is 34.1 Å². The van der Waals surface area contributed by atoms with Gasteiger partial charge >= 0.3 is 0 Å². The average molecular weight is 338 g/mol. The van der Waals surface area contributed by atoms with Gasteiger partial charge in [-0.3, -0.25) is 9.59 Å². The van der Waals surface area contributed by atoms with E-state index in [1.54, 1.807) is 48.6 Å². The third kappa shape index (κ3) is 4.74. The van der Waals surface area contributed by atoms with E-state index in [9.17, 15) is 9.59 Å². The van der Waals surface area contributed by atoms with Crippen LogP contribution in [0.4, 0.5) is 0 Å². The molecule has 0 saturated carbocycles. The number of rotatable bonds is 6. The van der Waals surface area contributed by atoms with Crippen molar-refractivity contribution in [3.05, 3.63) is 119 Å². The lowest BCUT2D eigenvalue weighted by Gasteiger charge is -1.98. The molecule has 3 aromatic rings. The molecule has 0 aliphatic heterocycles. The number of hydrogen-bond donors (Lipinski definition) is 0. The second kappa shape index (κ2) is 8.54. The predicted molar refractivity (Wildman–Crippen MR) is 106 cm³/mol. The van der Waals surface area contributed by atoms with Gasteiger partial charge in [0.05, 0.1) is 0 Å². The smallest absolute Gasteiger partial charge is 0.185 e. The Bertz CT molecular complexity index is 854. The second-order valence-corrected chi connectivity index (χ2v) is 5.79. The first-order valence-corrected chi connectivity index (χ1v) is 8.37. The van der Waals surface area contributed by atoms with Crippen LogP contribution in [-0.4, -0.2) is 11.6 Å². The molecule has 0 heterocycles. The summed E-state index contributed by atoms with van der Waals surface area (Å²) in [4.78, 5) is 24.1. The molecule has 2 nitrogen and oxygen atoms in total. The van der Waals surface area contributed by atoms with Crippen LogP contribution in [0.25, 0.3) is 12.2 Å². The number of ketones is 2. The average Bonchev–Trinajstić information content (AvgIpc) is 2.72. The molecular weight excluding hydrogens is 320 g/mol. The highest BCUT2D eigenvalue weighted by Crippen LogP contribution is 2.10. The van der Waals surface area contributed by atoms with Crippen LogP contribution in [0.2, 0.25) is 0 Å². The molecule has 0 atom stereocenters. The van der Waals surface area contributed by atoms with Gasteiger partial charge in [0.2, 0.25) is 0 Å². The van der Waals surface area contributed by atoms with Crippen LogP contribution in [0.1, 0.15) is 31.8 Å². The molecule has 126 valence electrons. The van der Waals surface area contributed by atoms with Crippen molar-refractivity contribution in [3.63, 3.8) is 0 Å². The first-order valence-electron chi connectivity index (χ1n) is 8.37. The molecule has 0 amide bonds. The quantitative estimate of drug-likeness (QED) is 0.440. The van der Waals surface area contributed by atoms with Crippen LogP contribution in [0.3, 0.4) is 0 Å². The molecule has 26 heavy (non-hydrogen) atoms. The second-order valence-electron chi connectivity index (χ2n) is 5.79. The molecule has 0 spiro atoms. The van der Waals surface area contributed by atoms with Crippen LogP contribution < -0.4 is 0 Å². The summed E-state index contributed by atoms with van der Waals surface area (Å²) in [6, 6.07) is 26.0. The van der Waals surface area contributed by atoms with Gasteiger partial charge < -0.3 is 0 Å². The molecule has 0 aromatic heterocycles. The van der Waals surface area contributed by atoms with Gasteiger partial charge in [0.15, 0.2) is 11.6 Å². The highest BCUT2D eigenvalue weighted by Gasteiger charge is 2.00. The van der Waals surface area contributed by atoms with E-state index in [4.69, 9.17) is 0 Å². The third-order valence-electron chi connectivity index (χ3n) is 3.91. The maximum atomic E-state index is 12.1. The van der Waals surface area contributed by atoms with E-state index in [1.807, 2.05) is 60.7 Å². The molecule has 3 rings (SSSR count). The lowest BCUT2D eigenvalue weighted by atomic mass is 10.1. The molecule has 0 saturated heterocycles. The van der Waals surface area contributed by atoms with E-state index >= 15 is 0 Å². The maximum absolute atomic E-state index is 12.1. The van der Waals surface area contributed by atoms with Gasteiger partial charge in [0.1, 0.15) is 0 Å². The van der Waals surface area contributed by atoms with Crippen LogP contribution in [-0.2, 0) is 0 Å². The van der Waals surface area contributed by atoms with Crippen molar-refractivity contribution in [2.45, 2.75) is 0 Å². The first kappa shape index (κ1) is 17.3. The Hall–Kier alpha value is -3.52. The number of allylic oxidation sites excluding steroid dienone is 2. The van der Waals surface area contributed by atoms with E-state index in [0.717, 1.165) is 11.1 Å². The van der Waals surface area contributed by atoms with E-state index in [-0.39, 0.29) is 11.6 Å². The lowest BCUT2D eigenvalue weighted by molar-refractivity contribution is 0.103. The van der Waals surface area contributed by atoms with E-state index < -0.39 is 0 Å². The highest BCUT2D eigenvalue weighted by molar-refractivity contribution is 6.07. The summed E-state index contributed by atoms with van der Waals surface area (Å²) in [5.41, 5.74) is 3.20. The number of carbonyl (C=O) groups excluding carboxylic acids is 2. The van der Waals surface area contributed by atoms with E-state index in [0.29, 0.717) is 11.1 Å². The largest absolute Gasteiger partial charge is 0.289 e. The Morgan fingerprint density at radius 1 is 0.500 bits per heavy atom. The SMILES string of the molecule is O=C(/C=C\c1ccc(/C=C/C(=O)c2ccccc2)cc1)c1ccccc1. The predicted octanol–water partition coefficient (Wildman–Crippen LogP) is 5.48. The fourth-order valence-corrected chi connectivity index (χ4v) is 2.46. The minimum Gasteiger partial charge on any atom is -0.289 e. The van der Waals surface area contributed by atoms with Gasteiger partial charge in [-0.05, 0) is 23.3 Å². The normalized spacial score (nSPS) is 11.1. The van der Waals surface area contributed by atoms with Gasteiger partial charge in [-0.2, -0.15) is 0 Å². The van der Waals surface area contributed by atoms with Crippen molar-refractivity contribution < 1.29 is 9.59 Å². The number of hydrogen-bond acceptors (Lipinski definition) is 2. The van der Waals surface area contributed by atoms with Gasteiger partial charge in [-0.25, -0.2) is 0 Å². The molecular formula is C24H18O2. The summed E-state index contributed by atoms with van der Waals surface area (Å²) >= 11 is 0. The van der Waals surface area contributed by atoms with Crippen molar-refractivity contribution in [1.82, 2.24) is 0 Å². The van der Waals surface area contributed by atoms with Gasteiger partial charge in [0.25, 0.3) is 0 Å². The highest BCUT2D eigenvalue weighted by atomic mass is 16.1. The number of carbonyl (C=O) groups is 2. The Kier molecular flexibility index (Phi) is 5.69. The van der Waals surface area contributed by atoms with Crippen LogP contribution >= 0.6 is 0 Å². The zero-order valence-electron chi connectivity index (χ0n) is 14.2. The molecule has 0 radical (unpaired) electrons. The minimum absolute atomic E-state index is 0.0250. The first-order chi connectivity index (χ1) is 12.7. The summed E-state index contributed by atoms with van der Waals surface area (Å²) in [5, 5.41) is 0. The molecule has 0 aliphatic rings. The summed E-state index contributed by atoms with van der Waals surface area (Å²) in [7, 11) is 0. The summed E-state index contributed by atoms with van der Waals surface area (Å²) in [6.45, 7) is 0. The fourth-order valence-electron chi connectivity index (χ4n) is 2.46. The summed E-state index contributed by atoms with van der Waals surface area (Å²) in [6.07, 6.45) is 6.72. The van der Waals surface area contributed by atoms with E-state index in [2.05, 4.69) is 0 Å². The maximum Gasteiger partial charge on any atom is 0.185 e. The van der Waals surface area contributed by atoms with E-state index in [1.165, 1.54) is 0 Å². The van der Waals surface area contributed by atoms with Crippen LogP contribution in [0, 0.1) is 0 Å². The fraction of sp³-hybridized carbons (Fsp3) is 0. The molecule has 0 N–H and O–H groups in total. The Balaban J connectivity index is 1.63. The third-order valence-corrected chi connectivity index (χ3v) is 3.91. The monoisotopic (exact) mass is 338 g/mol. The Morgan fingerprint density at radius 3 is 1.19 bits per heavy atom. The Morgan fingerprint density at radius 2 is 0.846 bits per heavy atom. The molecule has 0 bridgehead atoms. The van der Waals surface area contributed by atoms with Gasteiger partial charge in [-0.15, -0.1) is 0 Å². The van der Waals surface area contributed by atoms with Gasteiger partial charge in [-0.1, -0.05) is 97.1 Å². The molecule has 0 fully saturated rings. The molecule has 0 aliphatic carbocycles. The zero-order chi connectivity index (χ0) is 18.2. The van der Waals surface area contributed by atoms with Gasteiger partial charge in [0, 0.05) is 11.1 Å². The molecule has 0 unspecified atom stereocenters. The van der Waals surface area contributed by atoms with Crippen molar-refractivity contribution in [3.8, 4) is 0 Å². The van der Waals surface area contributed by atoms with Crippen LogP contribution in [0.5, 0.6) is 0 Å². The Labute approximate surface area is 153 Å². The van der Waals surface area contributed by atoms with Crippen molar-refractivity contribution in [2.24, 2.45) is 0 Å². The minimum atomic E-state index is -0.0250. The summed E-state index contributed by atoms with van der Waals surface area (Å²) < 4.78 is 0. The zero-order valence-corrected chi connectivity index (χ0v) is 14.2. The lowest BCUT2D eigenvalue weighted by Crippen LogP contribution is -1.93. The van der Waals surface area contributed by atoms with Crippen molar-refractivity contribution in [2.75, 3.05) is 0 Å². The standard InChI is InChI=1S/C24H18O2/c25-23(21-7-3-1-4-8-21)17-15-19-11-13-20(14-12-19)16-18-24(26)22-9-5-2-6-10-22/h1-18H/b17-15-,18-16+. The summed E-state index contributed by atoms with van der Waals surface area (Å²) in [5.74, 6) is -0.0499. The molecule has 3 aromatic carbocycles.